The Bertz CT molecular complexity index is 385. The third-order valence-corrected chi connectivity index (χ3v) is 2.09. The van der Waals surface area contributed by atoms with Crippen LogP contribution in [-0.4, -0.2) is 20.9 Å². The van der Waals surface area contributed by atoms with Crippen LogP contribution in [0, 0.1) is 13.8 Å². The van der Waals surface area contributed by atoms with E-state index in [0.717, 1.165) is 0 Å². The van der Waals surface area contributed by atoms with Crippen LogP contribution in [0.2, 0.25) is 0 Å². The Labute approximate surface area is 79.2 Å². The van der Waals surface area contributed by atoms with Gasteiger partial charge >= 0.3 is 11.9 Å². The highest BCUT2D eigenvalue weighted by molar-refractivity contribution is 5.78. The van der Waals surface area contributed by atoms with Crippen LogP contribution in [0.25, 0.3) is 0 Å². The predicted octanol–water partition coefficient (Wildman–Crippen LogP) is 1.21. The first kappa shape index (κ1) is 10.6. The number of carboxylic acids is 1. The monoisotopic (exact) mass is 204 g/mol. The van der Waals surface area contributed by atoms with Gasteiger partial charge in [0.15, 0.2) is 0 Å². The average Bonchev–Trinajstić information content (AvgIpc) is 2.26. The zero-order valence-corrected chi connectivity index (χ0v) is 8.01. The van der Waals surface area contributed by atoms with Gasteiger partial charge in [-0.1, -0.05) is 0 Å². The zero-order valence-electron chi connectivity index (χ0n) is 8.01. The highest BCUT2D eigenvalue weighted by atomic mass is 19.3. The van der Waals surface area contributed by atoms with Gasteiger partial charge in [0.05, 0.1) is 11.3 Å². The molecule has 0 spiro atoms. The number of aryl methyl sites for hydroxylation is 2. The number of rotatable bonds is 2. The number of alkyl halides is 2. The smallest absolute Gasteiger partial charge is 0.379 e. The van der Waals surface area contributed by atoms with Crippen LogP contribution in [0.4, 0.5) is 8.78 Å². The van der Waals surface area contributed by atoms with Crippen molar-refractivity contribution in [2.75, 3.05) is 0 Å². The van der Waals surface area contributed by atoms with Crippen LogP contribution in [-0.2, 0) is 17.8 Å². The molecule has 0 aliphatic heterocycles. The van der Waals surface area contributed by atoms with E-state index < -0.39 is 17.5 Å². The molecule has 78 valence electrons. The van der Waals surface area contributed by atoms with Gasteiger partial charge in [-0.25, -0.2) is 4.79 Å². The Balaban J connectivity index is 3.38. The van der Waals surface area contributed by atoms with E-state index in [2.05, 4.69) is 5.10 Å². The van der Waals surface area contributed by atoms with Crippen molar-refractivity contribution >= 4 is 5.97 Å². The van der Waals surface area contributed by atoms with Crippen LogP contribution in [0.5, 0.6) is 0 Å². The number of halogens is 2. The lowest BCUT2D eigenvalue weighted by molar-refractivity contribution is -0.166. The number of hydrogen-bond acceptors (Lipinski definition) is 2. The molecule has 6 heteroatoms. The molecule has 0 aliphatic carbocycles. The first-order valence-corrected chi connectivity index (χ1v) is 3.90. The van der Waals surface area contributed by atoms with Gasteiger partial charge in [0.25, 0.3) is 0 Å². The molecule has 4 nitrogen and oxygen atoms in total. The van der Waals surface area contributed by atoms with E-state index >= 15 is 0 Å². The molecule has 1 rings (SSSR count). The number of carbonyl (C=O) groups is 1. The number of aromatic nitrogens is 2. The van der Waals surface area contributed by atoms with Gasteiger partial charge in [0, 0.05) is 12.7 Å². The van der Waals surface area contributed by atoms with Gasteiger partial charge in [0.1, 0.15) is 0 Å². The van der Waals surface area contributed by atoms with Crippen molar-refractivity contribution < 1.29 is 18.7 Å². The fraction of sp³-hybridized carbons (Fsp3) is 0.500. The fourth-order valence-corrected chi connectivity index (χ4v) is 1.33. The van der Waals surface area contributed by atoms with E-state index in [1.54, 1.807) is 0 Å². The Hall–Kier alpha value is -1.46. The van der Waals surface area contributed by atoms with E-state index in [9.17, 15) is 13.6 Å². The largest absolute Gasteiger partial charge is 0.477 e. The highest BCUT2D eigenvalue weighted by Gasteiger charge is 2.45. The average molecular weight is 204 g/mol. The summed E-state index contributed by atoms with van der Waals surface area (Å²) in [5, 5.41) is 12.1. The summed E-state index contributed by atoms with van der Waals surface area (Å²) < 4.78 is 27.6. The van der Waals surface area contributed by atoms with E-state index in [4.69, 9.17) is 5.11 Å². The maximum atomic E-state index is 13.2. The molecule has 0 radical (unpaired) electrons. The van der Waals surface area contributed by atoms with Gasteiger partial charge in [-0.05, 0) is 13.8 Å². The van der Waals surface area contributed by atoms with Crippen molar-refractivity contribution in [3.63, 3.8) is 0 Å². The van der Waals surface area contributed by atoms with Gasteiger partial charge in [0.2, 0.25) is 0 Å². The van der Waals surface area contributed by atoms with E-state index in [0.29, 0.717) is 0 Å². The predicted molar refractivity (Wildman–Crippen MR) is 44.2 cm³/mol. The standard InChI is InChI=1S/C8H10F2N2O2/c1-4-6(5(2)12(3)11-4)8(9,10)7(13)14/h1-3H3,(H,13,14). The summed E-state index contributed by atoms with van der Waals surface area (Å²) in [4.78, 5) is 10.3. The second-order valence-electron chi connectivity index (χ2n) is 3.05. The lowest BCUT2D eigenvalue weighted by atomic mass is 10.1. The minimum atomic E-state index is -3.87. The molecule has 14 heavy (non-hydrogen) atoms. The Morgan fingerprint density at radius 2 is 2.00 bits per heavy atom. The molecule has 0 saturated carbocycles. The molecule has 0 bridgehead atoms. The molecule has 0 aromatic carbocycles. The molecule has 1 aromatic heterocycles. The van der Waals surface area contributed by atoms with Crippen molar-refractivity contribution in [2.45, 2.75) is 19.8 Å². The van der Waals surface area contributed by atoms with Crippen LogP contribution in [0.3, 0.4) is 0 Å². The normalized spacial score (nSPS) is 11.8. The molecule has 0 atom stereocenters. The topological polar surface area (TPSA) is 55.1 Å². The van der Waals surface area contributed by atoms with Crippen LogP contribution < -0.4 is 0 Å². The first-order valence-electron chi connectivity index (χ1n) is 3.90. The number of hydrogen-bond donors (Lipinski definition) is 1. The van der Waals surface area contributed by atoms with Crippen LogP contribution in [0.1, 0.15) is 17.0 Å². The highest BCUT2D eigenvalue weighted by Crippen LogP contribution is 2.32. The molecule has 1 heterocycles. The van der Waals surface area contributed by atoms with Gasteiger partial charge in [-0.3, -0.25) is 4.68 Å². The van der Waals surface area contributed by atoms with Crippen molar-refractivity contribution in [3.05, 3.63) is 17.0 Å². The zero-order chi connectivity index (χ0) is 11.1. The second-order valence-corrected chi connectivity index (χ2v) is 3.05. The van der Waals surface area contributed by atoms with Crippen molar-refractivity contribution in [2.24, 2.45) is 7.05 Å². The summed E-state index contributed by atoms with van der Waals surface area (Å²) in [6.45, 7) is 2.77. The van der Waals surface area contributed by atoms with Crippen LogP contribution in [0.15, 0.2) is 0 Å². The Morgan fingerprint density at radius 1 is 1.50 bits per heavy atom. The maximum absolute atomic E-state index is 13.2. The first-order chi connectivity index (χ1) is 6.28. The molecule has 0 amide bonds. The number of carboxylic acid groups (broad SMARTS) is 1. The summed E-state index contributed by atoms with van der Waals surface area (Å²) in [6.07, 6.45) is 0. The third-order valence-electron chi connectivity index (χ3n) is 2.09. The van der Waals surface area contributed by atoms with E-state index in [1.807, 2.05) is 0 Å². The SMILES string of the molecule is Cc1nn(C)c(C)c1C(F)(F)C(=O)O. The summed E-state index contributed by atoms with van der Waals surface area (Å²) in [5.41, 5.74) is -0.320. The third kappa shape index (κ3) is 1.36. The van der Waals surface area contributed by atoms with Crippen LogP contribution >= 0.6 is 0 Å². The van der Waals surface area contributed by atoms with Crippen molar-refractivity contribution in [1.82, 2.24) is 9.78 Å². The molecule has 1 aromatic rings. The fourth-order valence-electron chi connectivity index (χ4n) is 1.33. The lowest BCUT2D eigenvalue weighted by Gasteiger charge is -2.11. The minimum Gasteiger partial charge on any atom is -0.477 e. The Morgan fingerprint density at radius 3 is 2.29 bits per heavy atom. The van der Waals surface area contributed by atoms with Crippen molar-refractivity contribution in [1.29, 1.82) is 0 Å². The minimum absolute atomic E-state index is 0.0393. The van der Waals surface area contributed by atoms with Crippen molar-refractivity contribution in [3.8, 4) is 0 Å². The second kappa shape index (κ2) is 3.04. The molecule has 0 aliphatic rings. The van der Waals surface area contributed by atoms with E-state index in [1.165, 1.54) is 25.6 Å². The molecule has 0 saturated heterocycles. The Kier molecular flexibility index (Phi) is 2.31. The molecular formula is C8H10F2N2O2. The number of nitrogens with zero attached hydrogens (tertiary/aromatic N) is 2. The maximum Gasteiger partial charge on any atom is 0.379 e. The molecule has 1 N–H and O–H groups in total. The lowest BCUT2D eigenvalue weighted by Crippen LogP contribution is -2.26. The van der Waals surface area contributed by atoms with Gasteiger partial charge in [-0.2, -0.15) is 13.9 Å². The van der Waals surface area contributed by atoms with Gasteiger partial charge < -0.3 is 5.11 Å². The quantitative estimate of drug-likeness (QED) is 0.787. The molecular weight excluding hydrogens is 194 g/mol. The molecule has 0 fully saturated rings. The number of aliphatic carboxylic acids is 1. The summed E-state index contributed by atoms with van der Waals surface area (Å²) in [6, 6.07) is 0. The molecule has 0 unspecified atom stereocenters. The summed E-state index contributed by atoms with van der Waals surface area (Å²) in [7, 11) is 1.49. The van der Waals surface area contributed by atoms with Gasteiger partial charge in [-0.15, -0.1) is 0 Å². The summed E-state index contributed by atoms with van der Waals surface area (Å²) in [5.74, 6) is -6.03. The summed E-state index contributed by atoms with van der Waals surface area (Å²) >= 11 is 0. The van der Waals surface area contributed by atoms with E-state index in [-0.39, 0.29) is 11.4 Å².